The van der Waals surface area contributed by atoms with E-state index in [-0.39, 0.29) is 17.5 Å². The van der Waals surface area contributed by atoms with Crippen LogP contribution in [-0.4, -0.2) is 11.6 Å². The molecule has 0 fully saturated rings. The van der Waals surface area contributed by atoms with Crippen LogP contribution in [0.15, 0.2) is 12.2 Å². The molecule has 0 aromatic rings. The molecule has 15 heavy (non-hydrogen) atoms. The number of hydrogen-bond donors (Lipinski definition) is 0. The van der Waals surface area contributed by atoms with Crippen molar-refractivity contribution >= 4 is 11.6 Å². The van der Waals surface area contributed by atoms with Crippen molar-refractivity contribution in [1.29, 1.82) is 0 Å². The van der Waals surface area contributed by atoms with E-state index >= 15 is 0 Å². The van der Waals surface area contributed by atoms with Crippen molar-refractivity contribution in [1.82, 2.24) is 0 Å². The lowest BCUT2D eigenvalue weighted by molar-refractivity contribution is -0.132. The molecule has 0 bridgehead atoms. The summed E-state index contributed by atoms with van der Waals surface area (Å²) in [6.07, 6.45) is 9.83. The molecule has 0 amide bonds. The standard InChI is InChI=1S/C13H20O2/c1-10(14)13(11(2)15)12-8-6-4-3-5-7-9-12/h6,8,12-13H,3-5,7,9H2,1-2H3/b8-6-. The van der Waals surface area contributed by atoms with Crippen LogP contribution in [0.25, 0.3) is 0 Å². The van der Waals surface area contributed by atoms with Gasteiger partial charge in [-0.15, -0.1) is 0 Å². The summed E-state index contributed by atoms with van der Waals surface area (Å²) in [6.45, 7) is 3.05. The van der Waals surface area contributed by atoms with Crippen molar-refractivity contribution in [3.8, 4) is 0 Å². The van der Waals surface area contributed by atoms with Crippen LogP contribution in [0.5, 0.6) is 0 Å². The molecule has 1 rings (SSSR count). The fraction of sp³-hybridized carbons (Fsp3) is 0.692. The lowest BCUT2D eigenvalue weighted by Crippen LogP contribution is -2.27. The molecule has 0 radical (unpaired) electrons. The van der Waals surface area contributed by atoms with E-state index in [1.165, 1.54) is 26.7 Å². The zero-order valence-electron chi connectivity index (χ0n) is 9.66. The van der Waals surface area contributed by atoms with Gasteiger partial charge in [-0.3, -0.25) is 9.59 Å². The molecular formula is C13H20O2. The minimum atomic E-state index is -0.403. The quantitative estimate of drug-likeness (QED) is 0.528. The van der Waals surface area contributed by atoms with Gasteiger partial charge in [0.15, 0.2) is 0 Å². The second kappa shape index (κ2) is 5.84. The third-order valence-corrected chi connectivity index (χ3v) is 3.10. The summed E-state index contributed by atoms with van der Waals surface area (Å²) in [5.41, 5.74) is 0. The monoisotopic (exact) mass is 208 g/mol. The zero-order chi connectivity index (χ0) is 11.3. The number of allylic oxidation sites excluding steroid dienone is 2. The Labute approximate surface area is 91.7 Å². The molecule has 0 heterocycles. The summed E-state index contributed by atoms with van der Waals surface area (Å²) in [5.74, 6) is -0.241. The Morgan fingerprint density at radius 1 is 1.13 bits per heavy atom. The van der Waals surface area contributed by atoms with Crippen molar-refractivity contribution in [2.24, 2.45) is 11.8 Å². The summed E-state index contributed by atoms with van der Waals surface area (Å²) < 4.78 is 0. The Hall–Kier alpha value is -0.920. The highest BCUT2D eigenvalue weighted by molar-refractivity contribution is 6.00. The number of hydrogen-bond acceptors (Lipinski definition) is 2. The molecule has 1 unspecified atom stereocenters. The normalized spacial score (nSPS) is 24.3. The zero-order valence-corrected chi connectivity index (χ0v) is 9.66. The maximum absolute atomic E-state index is 11.4. The van der Waals surface area contributed by atoms with Crippen molar-refractivity contribution < 1.29 is 9.59 Å². The first kappa shape index (κ1) is 12.2. The molecule has 1 aliphatic carbocycles. The summed E-state index contributed by atoms with van der Waals surface area (Å²) in [4.78, 5) is 22.9. The van der Waals surface area contributed by atoms with E-state index in [1.54, 1.807) is 0 Å². The van der Waals surface area contributed by atoms with Gasteiger partial charge in [-0.1, -0.05) is 25.0 Å². The van der Waals surface area contributed by atoms with E-state index in [1.807, 2.05) is 0 Å². The van der Waals surface area contributed by atoms with Crippen LogP contribution >= 0.6 is 0 Å². The number of carbonyl (C=O) groups excluding carboxylic acids is 2. The SMILES string of the molecule is CC(=O)C(C(C)=O)C1/C=C\CCCCC1. The number of carbonyl (C=O) groups is 2. The van der Waals surface area contributed by atoms with Crippen molar-refractivity contribution in [2.75, 3.05) is 0 Å². The fourth-order valence-corrected chi connectivity index (χ4v) is 2.35. The topological polar surface area (TPSA) is 34.1 Å². The lowest BCUT2D eigenvalue weighted by atomic mass is 9.81. The molecule has 0 aromatic heterocycles. The van der Waals surface area contributed by atoms with Crippen LogP contribution in [0.4, 0.5) is 0 Å². The predicted octanol–water partition coefficient (Wildman–Crippen LogP) is 2.92. The summed E-state index contributed by atoms with van der Waals surface area (Å²) in [7, 11) is 0. The van der Waals surface area contributed by atoms with Crippen molar-refractivity contribution in [3.63, 3.8) is 0 Å². The van der Waals surface area contributed by atoms with E-state index in [0.29, 0.717) is 0 Å². The molecule has 2 nitrogen and oxygen atoms in total. The molecule has 0 aliphatic heterocycles. The number of Topliss-reactive ketones (excluding diaryl/α,β-unsaturated/α-hetero) is 2. The van der Waals surface area contributed by atoms with Gasteiger partial charge < -0.3 is 0 Å². The smallest absolute Gasteiger partial charge is 0.140 e. The van der Waals surface area contributed by atoms with Crippen molar-refractivity contribution in [2.45, 2.75) is 46.0 Å². The van der Waals surface area contributed by atoms with Gasteiger partial charge in [0.1, 0.15) is 11.6 Å². The third-order valence-electron chi connectivity index (χ3n) is 3.10. The molecular weight excluding hydrogens is 188 g/mol. The molecule has 84 valence electrons. The van der Waals surface area contributed by atoms with Gasteiger partial charge in [0.25, 0.3) is 0 Å². The van der Waals surface area contributed by atoms with Crippen molar-refractivity contribution in [3.05, 3.63) is 12.2 Å². The number of ketones is 2. The highest BCUT2D eigenvalue weighted by Crippen LogP contribution is 2.25. The second-order valence-electron chi connectivity index (χ2n) is 4.43. The predicted molar refractivity (Wildman–Crippen MR) is 60.6 cm³/mol. The first-order chi connectivity index (χ1) is 7.13. The average Bonchev–Trinajstić information content (AvgIpc) is 2.07. The van der Waals surface area contributed by atoms with Gasteiger partial charge in [0.05, 0.1) is 5.92 Å². The van der Waals surface area contributed by atoms with Crippen LogP contribution in [0.1, 0.15) is 46.0 Å². The Morgan fingerprint density at radius 3 is 2.40 bits per heavy atom. The Balaban J connectivity index is 2.75. The Morgan fingerprint density at radius 2 is 1.80 bits per heavy atom. The second-order valence-corrected chi connectivity index (χ2v) is 4.43. The Kier molecular flexibility index (Phi) is 4.73. The maximum atomic E-state index is 11.4. The fourth-order valence-electron chi connectivity index (χ4n) is 2.35. The van der Waals surface area contributed by atoms with Gasteiger partial charge >= 0.3 is 0 Å². The van der Waals surface area contributed by atoms with Gasteiger partial charge in [0, 0.05) is 0 Å². The molecule has 2 heteroatoms. The third kappa shape index (κ3) is 3.61. The van der Waals surface area contributed by atoms with Crippen LogP contribution in [0, 0.1) is 11.8 Å². The Bertz CT molecular complexity index is 252. The highest BCUT2D eigenvalue weighted by atomic mass is 16.1. The molecule has 1 aliphatic rings. The molecule has 1 atom stereocenters. The summed E-state index contributed by atoms with van der Waals surface area (Å²) >= 11 is 0. The van der Waals surface area contributed by atoms with Gasteiger partial charge in [0.2, 0.25) is 0 Å². The molecule has 0 saturated heterocycles. The summed E-state index contributed by atoms with van der Waals surface area (Å²) in [6, 6.07) is 0. The highest BCUT2D eigenvalue weighted by Gasteiger charge is 2.27. The first-order valence-electron chi connectivity index (χ1n) is 5.80. The van der Waals surface area contributed by atoms with Crippen LogP contribution < -0.4 is 0 Å². The maximum Gasteiger partial charge on any atom is 0.140 e. The van der Waals surface area contributed by atoms with E-state index in [2.05, 4.69) is 12.2 Å². The largest absolute Gasteiger partial charge is 0.299 e. The molecule has 0 saturated carbocycles. The average molecular weight is 208 g/mol. The van der Waals surface area contributed by atoms with Crippen LogP contribution in [-0.2, 0) is 9.59 Å². The molecule has 0 spiro atoms. The minimum Gasteiger partial charge on any atom is -0.299 e. The first-order valence-corrected chi connectivity index (χ1v) is 5.80. The lowest BCUT2D eigenvalue weighted by Gasteiger charge is -2.21. The molecule has 0 N–H and O–H groups in total. The van der Waals surface area contributed by atoms with Gasteiger partial charge in [-0.2, -0.15) is 0 Å². The minimum absolute atomic E-state index is 0.0118. The summed E-state index contributed by atoms with van der Waals surface area (Å²) in [5, 5.41) is 0. The number of rotatable bonds is 3. The van der Waals surface area contributed by atoms with Gasteiger partial charge in [-0.25, -0.2) is 0 Å². The van der Waals surface area contributed by atoms with Crippen LogP contribution in [0.2, 0.25) is 0 Å². The van der Waals surface area contributed by atoms with E-state index in [9.17, 15) is 9.59 Å². The van der Waals surface area contributed by atoms with E-state index in [4.69, 9.17) is 0 Å². The van der Waals surface area contributed by atoms with Crippen LogP contribution in [0.3, 0.4) is 0 Å². The van der Waals surface area contributed by atoms with E-state index in [0.717, 1.165) is 19.3 Å². The molecule has 0 aromatic carbocycles. The van der Waals surface area contributed by atoms with Gasteiger partial charge in [-0.05, 0) is 39.0 Å². The van der Waals surface area contributed by atoms with E-state index < -0.39 is 5.92 Å².